The lowest BCUT2D eigenvalue weighted by atomic mass is 10.0. The van der Waals surface area contributed by atoms with Crippen LogP contribution < -0.4 is 4.90 Å². The van der Waals surface area contributed by atoms with Gasteiger partial charge >= 0.3 is 0 Å². The van der Waals surface area contributed by atoms with E-state index in [0.717, 1.165) is 94.5 Å². The fraction of sp³-hybridized carbons (Fsp3) is 0. The Morgan fingerprint density at radius 2 is 0.818 bits per heavy atom. The summed E-state index contributed by atoms with van der Waals surface area (Å²) in [7, 11) is 0. The molecular formula is C50H33N5. The van der Waals surface area contributed by atoms with Gasteiger partial charge < -0.3 is 4.90 Å². The Balaban J connectivity index is 1.03. The van der Waals surface area contributed by atoms with Crippen LogP contribution in [-0.2, 0) is 0 Å². The molecular weight excluding hydrogens is 671 g/mol. The molecule has 0 unspecified atom stereocenters. The number of aromatic nitrogens is 4. The van der Waals surface area contributed by atoms with Crippen LogP contribution in [0.4, 0.5) is 17.1 Å². The zero-order valence-electron chi connectivity index (χ0n) is 29.8. The first kappa shape index (κ1) is 32.2. The van der Waals surface area contributed by atoms with Crippen molar-refractivity contribution in [2.24, 2.45) is 0 Å². The molecule has 0 atom stereocenters. The Morgan fingerprint density at radius 1 is 0.327 bits per heavy atom. The molecule has 5 nitrogen and oxygen atoms in total. The van der Waals surface area contributed by atoms with Crippen molar-refractivity contribution in [3.63, 3.8) is 0 Å². The highest BCUT2D eigenvalue weighted by atomic mass is 15.1. The third-order valence-electron chi connectivity index (χ3n) is 10.2. The molecule has 0 aliphatic heterocycles. The van der Waals surface area contributed by atoms with Crippen molar-refractivity contribution >= 4 is 49.9 Å². The molecule has 0 saturated heterocycles. The van der Waals surface area contributed by atoms with E-state index in [2.05, 4.69) is 167 Å². The molecule has 4 aromatic heterocycles. The Labute approximate surface area is 318 Å². The number of nitrogens with zero attached hydrogens (tertiary/aromatic N) is 5. The highest BCUT2D eigenvalue weighted by molar-refractivity contribution is 5.94. The third-order valence-corrected chi connectivity index (χ3v) is 10.2. The van der Waals surface area contributed by atoms with E-state index in [-0.39, 0.29) is 0 Å². The monoisotopic (exact) mass is 703 g/mol. The first-order valence-corrected chi connectivity index (χ1v) is 18.4. The van der Waals surface area contributed by atoms with Crippen LogP contribution in [0.2, 0.25) is 0 Å². The van der Waals surface area contributed by atoms with Crippen LogP contribution in [0.1, 0.15) is 0 Å². The van der Waals surface area contributed by atoms with Gasteiger partial charge in [0.15, 0.2) is 0 Å². The van der Waals surface area contributed by atoms with Crippen molar-refractivity contribution < 1.29 is 0 Å². The van der Waals surface area contributed by atoms with E-state index in [0.29, 0.717) is 0 Å². The molecule has 0 bridgehead atoms. The second-order valence-electron chi connectivity index (χ2n) is 13.6. The van der Waals surface area contributed by atoms with E-state index in [1.165, 1.54) is 0 Å². The molecule has 0 spiro atoms. The highest BCUT2D eigenvalue weighted by Crippen LogP contribution is 2.39. The normalized spacial score (nSPS) is 11.3. The molecule has 0 aliphatic carbocycles. The standard InChI is InChI=1S/C50H33N5/c1-2-7-36(8-3-1)45-33-49(54-48-11-6-30-53-50(45)48)37-16-24-44(25-17-37)55(42-20-12-34(13-21-42)38-18-26-46-40(31-38)9-4-28-51-46)43-22-14-35(15-23-43)39-19-27-47-41(32-39)10-5-29-52-47/h1-33H. The fourth-order valence-corrected chi connectivity index (χ4v) is 7.39. The van der Waals surface area contributed by atoms with Crippen molar-refractivity contribution in [2.45, 2.75) is 0 Å². The molecule has 0 fully saturated rings. The molecule has 0 saturated carbocycles. The maximum absolute atomic E-state index is 5.05. The van der Waals surface area contributed by atoms with E-state index in [1.807, 2.05) is 48.9 Å². The number of anilines is 3. The summed E-state index contributed by atoms with van der Waals surface area (Å²) in [5, 5.41) is 2.25. The van der Waals surface area contributed by atoms with Gasteiger partial charge in [0.2, 0.25) is 0 Å². The third kappa shape index (κ3) is 6.24. The van der Waals surface area contributed by atoms with Crippen LogP contribution in [0, 0.1) is 0 Å². The average molecular weight is 704 g/mol. The van der Waals surface area contributed by atoms with E-state index in [1.54, 1.807) is 0 Å². The van der Waals surface area contributed by atoms with Crippen molar-refractivity contribution in [3.05, 3.63) is 201 Å². The summed E-state index contributed by atoms with van der Waals surface area (Å²) in [5.41, 5.74) is 15.7. The average Bonchev–Trinajstić information content (AvgIpc) is 3.27. The van der Waals surface area contributed by atoms with Crippen LogP contribution in [0.25, 0.3) is 77.5 Å². The molecule has 6 aromatic carbocycles. The Morgan fingerprint density at radius 3 is 1.38 bits per heavy atom. The molecule has 0 radical (unpaired) electrons. The summed E-state index contributed by atoms with van der Waals surface area (Å²) >= 11 is 0. The first-order chi connectivity index (χ1) is 27.2. The fourth-order valence-electron chi connectivity index (χ4n) is 7.39. The molecule has 10 rings (SSSR count). The molecule has 0 amide bonds. The van der Waals surface area contributed by atoms with E-state index < -0.39 is 0 Å². The largest absolute Gasteiger partial charge is 0.311 e. The number of rotatable bonds is 7. The van der Waals surface area contributed by atoms with E-state index in [4.69, 9.17) is 9.97 Å². The van der Waals surface area contributed by atoms with Gasteiger partial charge in [-0.2, -0.15) is 0 Å². The Hall–Kier alpha value is -7.50. The second kappa shape index (κ2) is 13.8. The summed E-state index contributed by atoms with van der Waals surface area (Å²) in [4.78, 5) is 21.1. The Bertz CT molecular complexity index is 2840. The molecule has 258 valence electrons. The maximum Gasteiger partial charge on any atom is 0.0965 e. The van der Waals surface area contributed by atoms with Gasteiger partial charge in [-0.25, -0.2) is 4.98 Å². The van der Waals surface area contributed by atoms with Crippen LogP contribution >= 0.6 is 0 Å². The van der Waals surface area contributed by atoms with Crippen molar-refractivity contribution in [2.75, 3.05) is 4.90 Å². The minimum atomic E-state index is 0.870. The molecule has 55 heavy (non-hydrogen) atoms. The minimum Gasteiger partial charge on any atom is -0.311 e. The molecule has 4 heterocycles. The van der Waals surface area contributed by atoms with Crippen molar-refractivity contribution in [1.82, 2.24) is 19.9 Å². The zero-order chi connectivity index (χ0) is 36.6. The van der Waals surface area contributed by atoms with Crippen LogP contribution in [0.3, 0.4) is 0 Å². The first-order valence-electron chi connectivity index (χ1n) is 18.4. The number of benzene rings is 6. The van der Waals surface area contributed by atoms with Crippen LogP contribution in [0.15, 0.2) is 201 Å². The number of hydrogen-bond donors (Lipinski definition) is 0. The van der Waals surface area contributed by atoms with Crippen molar-refractivity contribution in [3.8, 4) is 44.6 Å². The van der Waals surface area contributed by atoms with Gasteiger partial charge in [0.05, 0.1) is 27.8 Å². The van der Waals surface area contributed by atoms with Gasteiger partial charge in [-0.3, -0.25) is 15.0 Å². The SMILES string of the molecule is c1ccc(-c2cc(-c3ccc(N(c4ccc(-c5ccc6ncccc6c5)cc4)c4ccc(-c5ccc6ncccc6c5)cc4)cc3)nc3cccnc23)cc1. The van der Waals surface area contributed by atoms with Crippen LogP contribution in [0.5, 0.6) is 0 Å². The van der Waals surface area contributed by atoms with Gasteiger partial charge in [-0.05, 0) is 119 Å². The predicted octanol–water partition coefficient (Wildman–Crippen LogP) is 12.9. The lowest BCUT2D eigenvalue weighted by molar-refractivity contribution is 1.28. The summed E-state index contributed by atoms with van der Waals surface area (Å²) in [5.74, 6) is 0. The van der Waals surface area contributed by atoms with E-state index >= 15 is 0 Å². The summed E-state index contributed by atoms with van der Waals surface area (Å²) in [6.45, 7) is 0. The zero-order valence-corrected chi connectivity index (χ0v) is 29.8. The van der Waals surface area contributed by atoms with Gasteiger partial charge in [-0.15, -0.1) is 0 Å². The number of hydrogen-bond acceptors (Lipinski definition) is 5. The molecule has 0 N–H and O–H groups in total. The lowest BCUT2D eigenvalue weighted by Gasteiger charge is -2.26. The smallest absolute Gasteiger partial charge is 0.0965 e. The van der Waals surface area contributed by atoms with Gasteiger partial charge in [0.1, 0.15) is 0 Å². The molecule has 5 heteroatoms. The van der Waals surface area contributed by atoms with Crippen molar-refractivity contribution in [1.29, 1.82) is 0 Å². The maximum atomic E-state index is 5.05. The van der Waals surface area contributed by atoms with Gasteiger partial charge in [-0.1, -0.05) is 91.0 Å². The summed E-state index contributed by atoms with van der Waals surface area (Å²) in [6, 6.07) is 63.9. The number of fused-ring (bicyclic) bond motifs is 3. The van der Waals surface area contributed by atoms with Crippen LogP contribution in [-0.4, -0.2) is 19.9 Å². The Kier molecular flexibility index (Phi) is 8.08. The quantitative estimate of drug-likeness (QED) is 0.165. The van der Waals surface area contributed by atoms with Gasteiger partial charge in [0, 0.05) is 57.6 Å². The number of pyridine rings is 4. The minimum absolute atomic E-state index is 0.870. The lowest BCUT2D eigenvalue weighted by Crippen LogP contribution is -2.09. The summed E-state index contributed by atoms with van der Waals surface area (Å²) < 4.78 is 0. The second-order valence-corrected chi connectivity index (χ2v) is 13.6. The summed E-state index contributed by atoms with van der Waals surface area (Å²) in [6.07, 6.45) is 5.50. The highest BCUT2D eigenvalue weighted by Gasteiger charge is 2.16. The predicted molar refractivity (Wildman–Crippen MR) is 227 cm³/mol. The van der Waals surface area contributed by atoms with E-state index in [9.17, 15) is 0 Å². The molecule has 0 aliphatic rings. The topological polar surface area (TPSA) is 54.8 Å². The van der Waals surface area contributed by atoms with Gasteiger partial charge in [0.25, 0.3) is 0 Å². The molecule has 10 aromatic rings.